The number of likely N-dealkylation sites (N-methyl/N-ethyl adjacent to an activating group) is 1. The second-order valence-corrected chi connectivity index (χ2v) is 5.81. The lowest BCUT2D eigenvalue weighted by molar-refractivity contribution is -0.137. The third-order valence-corrected chi connectivity index (χ3v) is 2.31. The van der Waals surface area contributed by atoms with E-state index in [-0.39, 0.29) is 12.2 Å². The van der Waals surface area contributed by atoms with E-state index in [1.165, 1.54) is 0 Å². The molecule has 5 heteroatoms. The minimum Gasteiger partial charge on any atom is -0.348 e. The average molecular weight is 266 g/mol. The van der Waals surface area contributed by atoms with Gasteiger partial charge < -0.3 is 14.4 Å². The first-order valence-corrected chi connectivity index (χ1v) is 5.38. The zero-order valence-electron chi connectivity index (χ0n) is 8.75. The summed E-state index contributed by atoms with van der Waals surface area (Å²) in [6.07, 6.45) is -0.265. The number of carbonyl (C=O) groups excluding carboxylic acids is 1. The summed E-state index contributed by atoms with van der Waals surface area (Å²) in [5.74, 6) is 0.0246. The zero-order chi connectivity index (χ0) is 10.8. The molecule has 0 aromatic heterocycles. The van der Waals surface area contributed by atoms with Crippen LogP contribution in [0.5, 0.6) is 0 Å². The van der Waals surface area contributed by atoms with Gasteiger partial charge in [-0.25, -0.2) is 0 Å². The number of hydrogen-bond donors (Lipinski definition) is 0. The van der Waals surface area contributed by atoms with Crippen LogP contribution in [0.4, 0.5) is 0 Å². The highest BCUT2D eigenvalue weighted by Crippen LogP contribution is 2.19. The summed E-state index contributed by atoms with van der Waals surface area (Å²) < 4.78 is 9.98. The van der Waals surface area contributed by atoms with Gasteiger partial charge in [0.05, 0.1) is 24.1 Å². The number of ether oxygens (including phenoxy) is 2. The summed E-state index contributed by atoms with van der Waals surface area (Å²) in [5, 5.41) is 0. The lowest BCUT2D eigenvalue weighted by Gasteiger charge is -2.26. The van der Waals surface area contributed by atoms with Crippen molar-refractivity contribution < 1.29 is 14.3 Å². The fraction of sp³-hybridized carbons (Fsp3) is 0.889. The fourth-order valence-corrected chi connectivity index (χ4v) is 1.58. The van der Waals surface area contributed by atoms with Gasteiger partial charge in [0.25, 0.3) is 0 Å². The van der Waals surface area contributed by atoms with Gasteiger partial charge in [-0.15, -0.1) is 0 Å². The van der Waals surface area contributed by atoms with Crippen LogP contribution in [-0.4, -0.2) is 48.2 Å². The number of alkyl halides is 1. The highest BCUT2D eigenvalue weighted by atomic mass is 79.9. The van der Waals surface area contributed by atoms with Crippen molar-refractivity contribution in [2.24, 2.45) is 0 Å². The van der Waals surface area contributed by atoms with E-state index in [9.17, 15) is 4.79 Å². The van der Waals surface area contributed by atoms with E-state index in [2.05, 4.69) is 15.9 Å². The molecule has 0 N–H and O–H groups in total. The van der Waals surface area contributed by atoms with Gasteiger partial charge in [0.15, 0.2) is 6.29 Å². The Hall–Kier alpha value is -0.130. The molecule has 0 unspecified atom stereocenters. The third kappa shape index (κ3) is 3.22. The largest absolute Gasteiger partial charge is 0.348 e. The molecule has 82 valence electrons. The molecule has 0 bridgehead atoms. The number of hydrogen-bond acceptors (Lipinski definition) is 3. The number of nitrogens with zero attached hydrogens (tertiary/aromatic N) is 1. The molecule has 0 saturated carbocycles. The van der Waals surface area contributed by atoms with E-state index in [4.69, 9.17) is 9.47 Å². The molecular weight excluding hydrogens is 250 g/mol. The third-order valence-electron chi connectivity index (χ3n) is 1.97. The summed E-state index contributed by atoms with van der Waals surface area (Å²) in [7, 11) is 1.75. The molecule has 0 spiro atoms. The maximum atomic E-state index is 11.7. The van der Waals surface area contributed by atoms with E-state index in [0.29, 0.717) is 19.8 Å². The van der Waals surface area contributed by atoms with Gasteiger partial charge in [-0.05, 0) is 13.8 Å². The lowest BCUT2D eigenvalue weighted by atomic mass is 10.2. The first-order valence-electron chi connectivity index (χ1n) is 4.59. The van der Waals surface area contributed by atoms with Gasteiger partial charge in [-0.1, -0.05) is 15.9 Å². The van der Waals surface area contributed by atoms with Crippen molar-refractivity contribution in [3.63, 3.8) is 0 Å². The maximum Gasteiger partial charge on any atom is 0.238 e. The molecule has 1 aliphatic rings. The molecule has 1 amide bonds. The predicted molar refractivity (Wildman–Crippen MR) is 56.3 cm³/mol. The second kappa shape index (κ2) is 4.59. The number of amides is 1. The van der Waals surface area contributed by atoms with Crippen molar-refractivity contribution in [3.8, 4) is 0 Å². The quantitative estimate of drug-likeness (QED) is 0.715. The smallest absolute Gasteiger partial charge is 0.238 e. The van der Waals surface area contributed by atoms with Gasteiger partial charge in [0.1, 0.15) is 0 Å². The first-order chi connectivity index (χ1) is 6.41. The van der Waals surface area contributed by atoms with E-state index in [0.717, 1.165) is 0 Å². The molecule has 0 radical (unpaired) electrons. The molecule has 4 nitrogen and oxygen atoms in total. The van der Waals surface area contributed by atoms with Crippen LogP contribution in [0.3, 0.4) is 0 Å². The highest BCUT2D eigenvalue weighted by Gasteiger charge is 2.29. The summed E-state index contributed by atoms with van der Waals surface area (Å²) in [4.78, 5) is 13.3. The average Bonchev–Trinajstić information content (AvgIpc) is 2.53. The van der Waals surface area contributed by atoms with Gasteiger partial charge in [0.2, 0.25) is 5.91 Å². The minimum atomic E-state index is -0.527. The molecule has 1 saturated heterocycles. The topological polar surface area (TPSA) is 38.8 Å². The number of rotatable bonds is 3. The van der Waals surface area contributed by atoms with Crippen LogP contribution >= 0.6 is 15.9 Å². The Labute approximate surface area is 92.7 Å². The Bertz CT molecular complexity index is 209. The van der Waals surface area contributed by atoms with Crippen LogP contribution in [0, 0.1) is 0 Å². The Balaban J connectivity index is 2.41. The van der Waals surface area contributed by atoms with E-state index < -0.39 is 4.32 Å². The van der Waals surface area contributed by atoms with Gasteiger partial charge in [0, 0.05) is 7.05 Å². The molecule has 0 aromatic carbocycles. The summed E-state index contributed by atoms with van der Waals surface area (Å²) in [6, 6.07) is 0. The Morgan fingerprint density at radius 1 is 1.50 bits per heavy atom. The molecule has 0 atom stereocenters. The van der Waals surface area contributed by atoms with Crippen LogP contribution in [-0.2, 0) is 14.3 Å². The van der Waals surface area contributed by atoms with E-state index in [1.807, 2.05) is 13.8 Å². The molecule has 1 heterocycles. The molecule has 0 aromatic rings. The van der Waals surface area contributed by atoms with Crippen LogP contribution in [0.15, 0.2) is 0 Å². The summed E-state index contributed by atoms with van der Waals surface area (Å²) in [6.45, 7) is 5.35. The zero-order valence-corrected chi connectivity index (χ0v) is 10.3. The molecule has 14 heavy (non-hydrogen) atoms. The molecule has 0 aliphatic carbocycles. The Morgan fingerprint density at radius 2 is 2.00 bits per heavy atom. The van der Waals surface area contributed by atoms with Gasteiger partial charge in [-0.2, -0.15) is 0 Å². The number of halogens is 1. The van der Waals surface area contributed by atoms with E-state index >= 15 is 0 Å². The van der Waals surface area contributed by atoms with Crippen LogP contribution in [0.1, 0.15) is 13.8 Å². The predicted octanol–water partition coefficient (Wildman–Crippen LogP) is 0.991. The van der Waals surface area contributed by atoms with Crippen LogP contribution < -0.4 is 0 Å². The number of carbonyl (C=O) groups is 1. The molecule has 1 fully saturated rings. The first kappa shape index (κ1) is 11.9. The monoisotopic (exact) mass is 265 g/mol. The molecule has 1 rings (SSSR count). The van der Waals surface area contributed by atoms with Gasteiger partial charge >= 0.3 is 0 Å². The van der Waals surface area contributed by atoms with Crippen molar-refractivity contribution in [1.82, 2.24) is 4.90 Å². The van der Waals surface area contributed by atoms with Crippen LogP contribution in [0.2, 0.25) is 0 Å². The maximum absolute atomic E-state index is 11.7. The van der Waals surface area contributed by atoms with Crippen molar-refractivity contribution >= 4 is 21.8 Å². The fourth-order valence-electron chi connectivity index (χ4n) is 1.27. The normalized spacial score (nSPS) is 18.6. The van der Waals surface area contributed by atoms with Gasteiger partial charge in [-0.3, -0.25) is 4.79 Å². The van der Waals surface area contributed by atoms with Crippen LogP contribution in [0.25, 0.3) is 0 Å². The minimum absolute atomic E-state index is 0.0246. The standard InChI is InChI=1S/C9H16BrNO3/c1-9(2,10)8(12)11(3)6-7-13-4-5-14-7/h7H,4-6H2,1-3H3. The van der Waals surface area contributed by atoms with E-state index in [1.54, 1.807) is 11.9 Å². The summed E-state index contributed by atoms with van der Waals surface area (Å²) in [5.41, 5.74) is 0. The Morgan fingerprint density at radius 3 is 2.43 bits per heavy atom. The SMILES string of the molecule is CN(CC1OCCO1)C(=O)C(C)(C)Br. The lowest BCUT2D eigenvalue weighted by Crippen LogP contribution is -2.42. The van der Waals surface area contributed by atoms with Crippen molar-refractivity contribution in [2.75, 3.05) is 26.8 Å². The second-order valence-electron chi connectivity index (χ2n) is 3.83. The van der Waals surface area contributed by atoms with Crippen molar-refractivity contribution in [3.05, 3.63) is 0 Å². The highest BCUT2D eigenvalue weighted by molar-refractivity contribution is 9.10. The Kier molecular flexibility index (Phi) is 3.92. The van der Waals surface area contributed by atoms with Crippen molar-refractivity contribution in [2.45, 2.75) is 24.5 Å². The molecule has 1 aliphatic heterocycles. The van der Waals surface area contributed by atoms with Crippen molar-refractivity contribution in [1.29, 1.82) is 0 Å². The summed E-state index contributed by atoms with van der Waals surface area (Å²) >= 11 is 3.32. The molecular formula is C9H16BrNO3.